The average Bonchev–Trinajstić information content (AvgIpc) is 2.85. The van der Waals surface area contributed by atoms with E-state index in [1.54, 1.807) is 6.07 Å². The molecule has 1 amide bonds. The molecule has 0 spiro atoms. The van der Waals surface area contributed by atoms with E-state index < -0.39 is 0 Å². The van der Waals surface area contributed by atoms with Crippen LogP contribution >= 0.6 is 0 Å². The van der Waals surface area contributed by atoms with Crippen molar-refractivity contribution in [3.63, 3.8) is 0 Å². The van der Waals surface area contributed by atoms with Gasteiger partial charge in [0.05, 0.1) is 0 Å². The molecule has 2 aromatic rings. The summed E-state index contributed by atoms with van der Waals surface area (Å²) in [7, 11) is 0. The minimum absolute atomic E-state index is 0.250. The zero-order chi connectivity index (χ0) is 13.1. The summed E-state index contributed by atoms with van der Waals surface area (Å²) in [5.41, 5.74) is 3.30. The van der Waals surface area contributed by atoms with Crippen LogP contribution in [-0.2, 0) is 0 Å². The summed E-state index contributed by atoms with van der Waals surface area (Å²) in [6, 6.07) is 7.54. The Kier molecular flexibility index (Phi) is 3.46. The lowest BCUT2D eigenvalue weighted by Crippen LogP contribution is -2.15. The summed E-state index contributed by atoms with van der Waals surface area (Å²) in [6.07, 6.45) is 1.39. The number of hydrogen-bond acceptors (Lipinski definition) is 3. The number of nitrogens with zero attached hydrogens (tertiary/aromatic N) is 1. The molecule has 0 bridgehead atoms. The lowest BCUT2D eigenvalue weighted by Gasteiger charge is -2.15. The highest BCUT2D eigenvalue weighted by molar-refractivity contribution is 6.03. The Morgan fingerprint density at radius 3 is 2.72 bits per heavy atom. The molecule has 0 radical (unpaired) electrons. The molecule has 2 rings (SSSR count). The zero-order valence-electron chi connectivity index (χ0n) is 10.7. The molecule has 0 unspecified atom stereocenters. The first kappa shape index (κ1) is 12.4. The third kappa shape index (κ3) is 2.42. The van der Waals surface area contributed by atoms with E-state index in [1.807, 2.05) is 25.1 Å². The molecule has 0 aliphatic carbocycles. The number of hydrogen-bond donors (Lipinski definition) is 1. The second kappa shape index (κ2) is 5.04. The van der Waals surface area contributed by atoms with Crippen molar-refractivity contribution < 1.29 is 9.32 Å². The molecule has 4 nitrogen and oxygen atoms in total. The number of benzene rings is 1. The van der Waals surface area contributed by atoms with E-state index in [2.05, 4.69) is 28.8 Å². The highest BCUT2D eigenvalue weighted by Gasteiger charge is 2.14. The van der Waals surface area contributed by atoms with E-state index in [0.29, 0.717) is 5.92 Å². The third-order valence-electron chi connectivity index (χ3n) is 2.84. The second-order valence-corrected chi connectivity index (χ2v) is 4.53. The van der Waals surface area contributed by atoms with Crippen molar-refractivity contribution in [1.82, 2.24) is 5.16 Å². The molecule has 0 fully saturated rings. The van der Waals surface area contributed by atoms with Gasteiger partial charge < -0.3 is 9.84 Å². The molecule has 0 saturated carbocycles. The number of nitrogens with one attached hydrogen (secondary N) is 1. The van der Waals surface area contributed by atoms with Crippen molar-refractivity contribution in [2.24, 2.45) is 0 Å². The number of aryl methyl sites for hydroxylation is 1. The Balaban J connectivity index is 2.31. The number of aromatic nitrogens is 1. The summed E-state index contributed by atoms with van der Waals surface area (Å²) in [5.74, 6) is 0.0949. The Bertz CT molecular complexity index is 545. The highest BCUT2D eigenvalue weighted by Crippen LogP contribution is 2.27. The molecule has 1 heterocycles. The van der Waals surface area contributed by atoms with E-state index >= 15 is 0 Å². The standard InChI is InChI=1S/C14H16N2O2/c1-9(2)11-6-4-5-10(3)13(11)15-14(17)12-7-8-18-16-12/h4-9H,1-3H3,(H,15,17). The van der Waals surface area contributed by atoms with Crippen LogP contribution in [-0.4, -0.2) is 11.1 Å². The molecule has 0 saturated heterocycles. The summed E-state index contributed by atoms with van der Waals surface area (Å²) >= 11 is 0. The number of anilines is 1. The number of amides is 1. The third-order valence-corrected chi connectivity index (χ3v) is 2.84. The van der Waals surface area contributed by atoms with Gasteiger partial charge in [0.2, 0.25) is 0 Å². The molecule has 94 valence electrons. The number of para-hydroxylation sites is 1. The van der Waals surface area contributed by atoms with Gasteiger partial charge in [0, 0.05) is 11.8 Å². The fraction of sp³-hybridized carbons (Fsp3) is 0.286. The zero-order valence-corrected chi connectivity index (χ0v) is 10.7. The van der Waals surface area contributed by atoms with Gasteiger partial charge in [-0.3, -0.25) is 4.79 Å². The maximum absolute atomic E-state index is 12.0. The Labute approximate surface area is 106 Å². The lowest BCUT2D eigenvalue weighted by atomic mass is 9.98. The quantitative estimate of drug-likeness (QED) is 0.900. The maximum Gasteiger partial charge on any atom is 0.277 e. The predicted molar refractivity (Wildman–Crippen MR) is 69.7 cm³/mol. The van der Waals surface area contributed by atoms with Crippen LogP contribution in [0.2, 0.25) is 0 Å². The average molecular weight is 244 g/mol. The van der Waals surface area contributed by atoms with Crippen LogP contribution in [0.3, 0.4) is 0 Å². The van der Waals surface area contributed by atoms with Gasteiger partial charge >= 0.3 is 0 Å². The van der Waals surface area contributed by atoms with Crippen molar-refractivity contribution >= 4 is 11.6 Å². The molecule has 1 aromatic heterocycles. The first-order valence-corrected chi connectivity index (χ1v) is 5.91. The molecule has 0 atom stereocenters. The van der Waals surface area contributed by atoms with Crippen molar-refractivity contribution in [3.8, 4) is 0 Å². The van der Waals surface area contributed by atoms with Crippen molar-refractivity contribution in [1.29, 1.82) is 0 Å². The number of rotatable bonds is 3. The predicted octanol–water partition coefficient (Wildman–Crippen LogP) is 3.36. The van der Waals surface area contributed by atoms with E-state index in [-0.39, 0.29) is 11.6 Å². The van der Waals surface area contributed by atoms with E-state index in [4.69, 9.17) is 0 Å². The smallest absolute Gasteiger partial charge is 0.277 e. The van der Waals surface area contributed by atoms with Gasteiger partial charge in [0.1, 0.15) is 6.26 Å². The molecular formula is C14H16N2O2. The highest BCUT2D eigenvalue weighted by atomic mass is 16.5. The van der Waals surface area contributed by atoms with Gasteiger partial charge in [-0.05, 0) is 24.0 Å². The number of carbonyl (C=O) groups excluding carboxylic acids is 1. The second-order valence-electron chi connectivity index (χ2n) is 4.53. The number of carbonyl (C=O) groups is 1. The largest absolute Gasteiger partial charge is 0.364 e. The first-order chi connectivity index (χ1) is 8.59. The fourth-order valence-electron chi connectivity index (χ4n) is 1.85. The van der Waals surface area contributed by atoms with Gasteiger partial charge in [-0.2, -0.15) is 0 Å². The molecule has 18 heavy (non-hydrogen) atoms. The van der Waals surface area contributed by atoms with Gasteiger partial charge in [-0.1, -0.05) is 37.2 Å². The van der Waals surface area contributed by atoms with Gasteiger partial charge in [-0.25, -0.2) is 0 Å². The summed E-state index contributed by atoms with van der Waals surface area (Å²) < 4.78 is 4.67. The normalized spacial score (nSPS) is 10.7. The monoisotopic (exact) mass is 244 g/mol. The minimum Gasteiger partial charge on any atom is -0.364 e. The van der Waals surface area contributed by atoms with E-state index in [0.717, 1.165) is 16.8 Å². The Morgan fingerprint density at radius 1 is 1.33 bits per heavy atom. The maximum atomic E-state index is 12.0. The van der Waals surface area contributed by atoms with Crippen molar-refractivity contribution in [2.75, 3.05) is 5.32 Å². The van der Waals surface area contributed by atoms with Crippen LogP contribution in [0.1, 0.15) is 41.4 Å². The van der Waals surface area contributed by atoms with Crippen molar-refractivity contribution in [2.45, 2.75) is 26.7 Å². The van der Waals surface area contributed by atoms with Crippen molar-refractivity contribution in [3.05, 3.63) is 47.3 Å². The molecule has 0 aliphatic rings. The first-order valence-electron chi connectivity index (χ1n) is 5.91. The Hall–Kier alpha value is -2.10. The summed E-state index contributed by atoms with van der Waals surface area (Å²) in [5, 5.41) is 6.53. The van der Waals surface area contributed by atoms with Gasteiger partial charge in [0.15, 0.2) is 5.69 Å². The summed E-state index contributed by atoms with van der Waals surface area (Å²) in [6.45, 7) is 6.17. The topological polar surface area (TPSA) is 55.1 Å². The lowest BCUT2D eigenvalue weighted by molar-refractivity contribution is 0.101. The fourth-order valence-corrected chi connectivity index (χ4v) is 1.85. The van der Waals surface area contributed by atoms with Crippen LogP contribution in [0, 0.1) is 6.92 Å². The van der Waals surface area contributed by atoms with Crippen LogP contribution in [0.15, 0.2) is 35.1 Å². The molecule has 0 aliphatic heterocycles. The van der Waals surface area contributed by atoms with Crippen LogP contribution in [0.5, 0.6) is 0 Å². The van der Waals surface area contributed by atoms with Crippen LogP contribution in [0.25, 0.3) is 0 Å². The van der Waals surface area contributed by atoms with E-state index in [9.17, 15) is 4.79 Å². The molecular weight excluding hydrogens is 228 g/mol. The molecule has 1 aromatic carbocycles. The molecule has 4 heteroatoms. The SMILES string of the molecule is Cc1cccc(C(C)C)c1NC(=O)c1ccon1. The van der Waals surface area contributed by atoms with E-state index in [1.165, 1.54) is 6.26 Å². The minimum atomic E-state index is -0.250. The Morgan fingerprint density at radius 2 is 2.11 bits per heavy atom. The van der Waals surface area contributed by atoms with Gasteiger partial charge in [-0.15, -0.1) is 0 Å². The summed E-state index contributed by atoms with van der Waals surface area (Å²) in [4.78, 5) is 12.0. The molecule has 1 N–H and O–H groups in total. The van der Waals surface area contributed by atoms with Crippen LogP contribution in [0.4, 0.5) is 5.69 Å². The van der Waals surface area contributed by atoms with Gasteiger partial charge in [0.25, 0.3) is 5.91 Å². The van der Waals surface area contributed by atoms with Crippen LogP contribution < -0.4 is 5.32 Å².